The molecule has 0 aliphatic carbocycles. The molecule has 1 fully saturated rings. The summed E-state index contributed by atoms with van der Waals surface area (Å²) in [5, 5.41) is -0.260. The van der Waals surface area contributed by atoms with Gasteiger partial charge >= 0.3 is 5.97 Å². The van der Waals surface area contributed by atoms with Gasteiger partial charge in [0.05, 0.1) is 12.7 Å². The number of nitrogens with one attached hydrogen (secondary N) is 2. The zero-order valence-corrected chi connectivity index (χ0v) is 25.6. The van der Waals surface area contributed by atoms with E-state index in [1.54, 1.807) is 38.4 Å². The molecule has 2 N–H and O–H groups in total. The lowest BCUT2D eigenvalue weighted by Gasteiger charge is -2.40. The van der Waals surface area contributed by atoms with Crippen LogP contribution < -0.4 is 9.44 Å². The molecule has 3 heterocycles. The number of nitrogens with zero attached hydrogens (tertiary/aromatic N) is 4. The fourth-order valence-corrected chi connectivity index (χ4v) is 7.41. The Balaban J connectivity index is 1.49. The summed E-state index contributed by atoms with van der Waals surface area (Å²) in [5.74, 6) is -2.59. The second-order valence-electron chi connectivity index (χ2n) is 10.6. The van der Waals surface area contributed by atoms with E-state index < -0.39 is 43.5 Å². The Labute approximate surface area is 245 Å². The number of sulfonamides is 2. The number of benzene rings is 1. The topological polar surface area (TPSA) is 171 Å². The number of hydrogen-bond donors (Lipinski definition) is 2. The molecule has 1 aliphatic heterocycles. The van der Waals surface area contributed by atoms with Gasteiger partial charge in [0.15, 0.2) is 15.8 Å². The molecule has 1 aliphatic rings. The maximum Gasteiger partial charge on any atom is 0.317 e. The summed E-state index contributed by atoms with van der Waals surface area (Å²) in [7, 11) is -4.49. The lowest BCUT2D eigenvalue weighted by molar-refractivity contribution is -0.180. The third kappa shape index (κ3) is 6.90. The van der Waals surface area contributed by atoms with Crippen molar-refractivity contribution in [2.24, 2.45) is 20.0 Å². The average Bonchev–Trinajstić information content (AvgIpc) is 3.55. The van der Waals surface area contributed by atoms with Crippen LogP contribution in [-0.4, -0.2) is 59.8 Å². The Bertz CT molecular complexity index is 1640. The van der Waals surface area contributed by atoms with Crippen LogP contribution in [0.1, 0.15) is 57.4 Å². The van der Waals surface area contributed by atoms with Gasteiger partial charge in [0.25, 0.3) is 20.0 Å². The van der Waals surface area contributed by atoms with E-state index in [1.165, 1.54) is 34.2 Å². The number of cyclic esters (lactones) is 1. The smallest absolute Gasteiger partial charge is 0.317 e. The van der Waals surface area contributed by atoms with Crippen LogP contribution in [0, 0.1) is 5.92 Å². The fraction of sp³-hybridized carbons (Fsp3) is 0.481. The van der Waals surface area contributed by atoms with Crippen molar-refractivity contribution in [3.05, 3.63) is 54.9 Å². The number of aryl methyl sites for hydroxylation is 2. The molecule has 0 saturated carbocycles. The molecule has 1 aromatic carbocycles. The SMILES string of the molecule is CCCC1(CCNS(=O)(=O)c2cn(C)cn2)CC(=O)C(C(CC)c2cccc(NS(=O)(=O)c3cn(C)cn3)c2)C(=O)O1. The number of ether oxygens (including phenoxy) is 1. The number of imidazole rings is 2. The van der Waals surface area contributed by atoms with Crippen LogP contribution in [0.4, 0.5) is 5.69 Å². The van der Waals surface area contributed by atoms with Crippen LogP contribution in [0.5, 0.6) is 0 Å². The third-order valence-electron chi connectivity index (χ3n) is 7.31. The molecular weight excluding hydrogens is 584 g/mol. The number of anilines is 1. The molecule has 4 rings (SSSR count). The molecule has 0 amide bonds. The van der Waals surface area contributed by atoms with Crippen LogP contribution in [0.15, 0.2) is 59.4 Å². The first-order valence-corrected chi connectivity index (χ1v) is 16.6. The van der Waals surface area contributed by atoms with Gasteiger partial charge in [-0.1, -0.05) is 32.4 Å². The van der Waals surface area contributed by atoms with Gasteiger partial charge < -0.3 is 13.9 Å². The molecule has 228 valence electrons. The molecule has 0 bridgehead atoms. The molecule has 3 unspecified atom stereocenters. The minimum absolute atomic E-state index is 0.0419. The van der Waals surface area contributed by atoms with Crippen molar-refractivity contribution >= 4 is 37.5 Å². The fourth-order valence-electron chi connectivity index (χ4n) is 5.37. The van der Waals surface area contributed by atoms with Gasteiger partial charge in [0.2, 0.25) is 0 Å². The number of aromatic nitrogens is 4. The van der Waals surface area contributed by atoms with Gasteiger partial charge in [-0.2, -0.15) is 8.42 Å². The van der Waals surface area contributed by atoms with E-state index in [1.807, 2.05) is 13.8 Å². The molecule has 0 radical (unpaired) electrons. The van der Waals surface area contributed by atoms with Crippen molar-refractivity contribution in [2.75, 3.05) is 11.3 Å². The van der Waals surface area contributed by atoms with Gasteiger partial charge in [0.1, 0.15) is 11.5 Å². The van der Waals surface area contributed by atoms with Crippen molar-refractivity contribution in [1.82, 2.24) is 23.8 Å². The Hall–Kier alpha value is -3.56. The standard InChI is InChI=1S/C27H36N6O7S2/c1-5-10-27(11-12-30-41(36,37)23-15-32(3)17-28-23)14-22(34)25(26(35)40-27)21(6-2)19-8-7-9-20(13-19)31-42(38,39)24-16-33(4)18-29-24/h7-9,13,15-18,21,25,30-31H,5-6,10-12,14H2,1-4H3. The first kappa shape index (κ1) is 31.4. The predicted molar refractivity (Wildman–Crippen MR) is 153 cm³/mol. The number of esters is 1. The van der Waals surface area contributed by atoms with E-state index in [0.29, 0.717) is 24.8 Å². The summed E-state index contributed by atoms with van der Waals surface area (Å²) in [6.07, 6.45) is 7.02. The van der Waals surface area contributed by atoms with Gasteiger partial charge in [-0.05, 0) is 30.5 Å². The number of hydrogen-bond acceptors (Lipinski definition) is 9. The highest BCUT2D eigenvalue weighted by Crippen LogP contribution is 2.40. The summed E-state index contributed by atoms with van der Waals surface area (Å²) >= 11 is 0. The van der Waals surface area contributed by atoms with E-state index in [0.717, 1.165) is 0 Å². The number of ketones is 1. The molecule has 3 atom stereocenters. The highest BCUT2D eigenvalue weighted by Gasteiger charge is 2.49. The van der Waals surface area contributed by atoms with Gasteiger partial charge in [-0.3, -0.25) is 14.3 Å². The highest BCUT2D eigenvalue weighted by atomic mass is 32.2. The van der Waals surface area contributed by atoms with Crippen molar-refractivity contribution in [2.45, 2.75) is 67.5 Å². The lowest BCUT2D eigenvalue weighted by atomic mass is 9.74. The zero-order chi connectivity index (χ0) is 30.7. The number of rotatable bonds is 13. The van der Waals surface area contributed by atoms with E-state index in [2.05, 4.69) is 19.4 Å². The molecule has 3 aromatic rings. The van der Waals surface area contributed by atoms with Crippen LogP contribution in [0.2, 0.25) is 0 Å². The Morgan fingerprint density at radius 1 is 1.00 bits per heavy atom. The first-order valence-electron chi connectivity index (χ1n) is 13.6. The quantitative estimate of drug-likeness (QED) is 0.215. The minimum atomic E-state index is -3.94. The number of carbonyl (C=O) groups is 2. The monoisotopic (exact) mass is 620 g/mol. The van der Waals surface area contributed by atoms with Crippen molar-refractivity contribution in [3.63, 3.8) is 0 Å². The Kier molecular flexibility index (Phi) is 9.23. The molecule has 15 heteroatoms. The van der Waals surface area contributed by atoms with E-state index in [-0.39, 0.29) is 40.9 Å². The van der Waals surface area contributed by atoms with Crippen molar-refractivity contribution in [3.8, 4) is 0 Å². The largest absolute Gasteiger partial charge is 0.458 e. The third-order valence-corrected chi connectivity index (χ3v) is 9.93. The average molecular weight is 621 g/mol. The second kappa shape index (κ2) is 12.4. The predicted octanol–water partition coefficient (Wildman–Crippen LogP) is 2.49. The Morgan fingerprint density at radius 2 is 1.64 bits per heavy atom. The molecule has 2 aromatic heterocycles. The van der Waals surface area contributed by atoms with E-state index in [9.17, 15) is 26.4 Å². The summed E-state index contributed by atoms with van der Waals surface area (Å²) < 4.78 is 64.7. The minimum Gasteiger partial charge on any atom is -0.458 e. The van der Waals surface area contributed by atoms with Gasteiger partial charge in [-0.25, -0.2) is 23.1 Å². The number of Topliss-reactive ketones (excluding diaryl/α,β-unsaturated/α-hetero) is 1. The second-order valence-corrected chi connectivity index (χ2v) is 14.0. The maximum absolute atomic E-state index is 13.6. The molecule has 1 saturated heterocycles. The first-order chi connectivity index (χ1) is 19.8. The van der Waals surface area contributed by atoms with Crippen LogP contribution in [0.25, 0.3) is 0 Å². The van der Waals surface area contributed by atoms with E-state index >= 15 is 0 Å². The van der Waals surface area contributed by atoms with E-state index in [4.69, 9.17) is 4.74 Å². The van der Waals surface area contributed by atoms with Crippen LogP contribution in [-0.2, 0) is 48.5 Å². The number of carbonyl (C=O) groups excluding carboxylic acids is 2. The zero-order valence-electron chi connectivity index (χ0n) is 24.0. The Morgan fingerprint density at radius 3 is 2.19 bits per heavy atom. The van der Waals surface area contributed by atoms with Crippen LogP contribution in [0.3, 0.4) is 0 Å². The summed E-state index contributed by atoms with van der Waals surface area (Å²) in [5.41, 5.74) is -0.251. The van der Waals surface area contributed by atoms with Crippen molar-refractivity contribution < 1.29 is 31.2 Å². The summed E-state index contributed by atoms with van der Waals surface area (Å²) in [4.78, 5) is 34.8. The normalized spacial score (nSPS) is 20.3. The molecule has 0 spiro atoms. The summed E-state index contributed by atoms with van der Waals surface area (Å²) in [6.45, 7) is 3.70. The lowest BCUT2D eigenvalue weighted by Crippen LogP contribution is -2.50. The molecular formula is C27H36N6O7S2. The highest BCUT2D eigenvalue weighted by molar-refractivity contribution is 7.92. The maximum atomic E-state index is 13.6. The van der Waals surface area contributed by atoms with Crippen LogP contribution >= 0.6 is 0 Å². The van der Waals surface area contributed by atoms with Gasteiger partial charge in [-0.15, -0.1) is 0 Å². The van der Waals surface area contributed by atoms with Crippen molar-refractivity contribution in [1.29, 1.82) is 0 Å². The molecule has 13 nitrogen and oxygen atoms in total. The molecule has 42 heavy (non-hydrogen) atoms. The summed E-state index contributed by atoms with van der Waals surface area (Å²) in [6, 6.07) is 6.58. The van der Waals surface area contributed by atoms with Gasteiger partial charge in [0, 0.05) is 57.5 Å².